The van der Waals surface area contributed by atoms with Crippen molar-refractivity contribution in [1.29, 1.82) is 0 Å². The van der Waals surface area contributed by atoms with Crippen LogP contribution in [0.25, 0.3) is 0 Å². The van der Waals surface area contributed by atoms with E-state index >= 15 is 0 Å². The van der Waals surface area contributed by atoms with Crippen LogP contribution in [0.15, 0.2) is 91.0 Å². The molecule has 33 heavy (non-hydrogen) atoms. The number of esters is 1. The predicted molar refractivity (Wildman–Crippen MR) is 135 cm³/mol. The molecule has 7 heteroatoms. The van der Waals surface area contributed by atoms with Gasteiger partial charge in [-0.25, -0.2) is 4.79 Å². The largest absolute Gasteiger partial charge is 1.00 e. The van der Waals surface area contributed by atoms with Gasteiger partial charge in [-0.3, -0.25) is 4.79 Å². The second-order valence-electron chi connectivity index (χ2n) is 7.71. The molecule has 0 bridgehead atoms. The molecule has 1 fully saturated rings. The first-order valence-electron chi connectivity index (χ1n) is 10.8. The fourth-order valence-electron chi connectivity index (χ4n) is 4.12. The summed E-state index contributed by atoms with van der Waals surface area (Å²) in [5.74, 6) is 0.112. The van der Waals surface area contributed by atoms with Gasteiger partial charge in [0.15, 0.2) is 0 Å². The molecule has 1 aliphatic heterocycles. The Morgan fingerprint density at radius 3 is 1.76 bits per heavy atom. The normalized spacial score (nSPS) is 15.4. The van der Waals surface area contributed by atoms with E-state index in [9.17, 15) is 9.59 Å². The van der Waals surface area contributed by atoms with Crippen molar-refractivity contribution in [2.24, 2.45) is 0 Å². The van der Waals surface area contributed by atoms with Crippen LogP contribution in [0.3, 0.4) is 0 Å². The SMILES string of the molecule is O=C1N[C@H](C(=O)OCCCC[P+](c2ccccc2)(c2ccccc2)c2ccccc2)CS1.[Br-]. The molecule has 0 saturated carbocycles. The minimum atomic E-state index is -1.85. The maximum absolute atomic E-state index is 12.2. The molecular weight excluding hydrogens is 517 g/mol. The van der Waals surface area contributed by atoms with Gasteiger partial charge in [-0.15, -0.1) is 0 Å². The number of nitrogens with one attached hydrogen (secondary N) is 1. The zero-order valence-electron chi connectivity index (χ0n) is 18.2. The molecule has 1 N–H and O–H groups in total. The molecule has 1 aliphatic rings. The molecule has 4 rings (SSSR count). The van der Waals surface area contributed by atoms with Gasteiger partial charge in [-0.2, -0.15) is 0 Å². The Morgan fingerprint density at radius 2 is 1.33 bits per heavy atom. The first-order valence-corrected chi connectivity index (χ1v) is 13.8. The Kier molecular flexibility index (Phi) is 9.54. The molecule has 0 spiro atoms. The van der Waals surface area contributed by atoms with Crippen molar-refractivity contribution >= 4 is 46.1 Å². The van der Waals surface area contributed by atoms with E-state index in [-0.39, 0.29) is 28.2 Å². The van der Waals surface area contributed by atoms with Crippen molar-refractivity contribution in [3.8, 4) is 0 Å². The zero-order valence-corrected chi connectivity index (χ0v) is 21.5. The van der Waals surface area contributed by atoms with Gasteiger partial charge in [-0.1, -0.05) is 66.4 Å². The Bertz CT molecular complexity index is 941. The van der Waals surface area contributed by atoms with Crippen molar-refractivity contribution < 1.29 is 31.3 Å². The number of ether oxygens (including phenoxy) is 1. The van der Waals surface area contributed by atoms with Crippen LogP contribution >= 0.6 is 19.0 Å². The summed E-state index contributed by atoms with van der Waals surface area (Å²) in [7, 11) is -1.85. The van der Waals surface area contributed by atoms with Crippen molar-refractivity contribution in [1.82, 2.24) is 5.32 Å². The monoisotopic (exact) mass is 543 g/mol. The maximum atomic E-state index is 12.2. The number of amides is 1. The predicted octanol–water partition coefficient (Wildman–Crippen LogP) is 1.13. The molecule has 1 atom stereocenters. The van der Waals surface area contributed by atoms with Crippen molar-refractivity contribution in [3.05, 3.63) is 91.0 Å². The Labute approximate surface area is 210 Å². The van der Waals surface area contributed by atoms with Crippen LogP contribution in [0.5, 0.6) is 0 Å². The van der Waals surface area contributed by atoms with Crippen LogP contribution < -0.4 is 38.2 Å². The first kappa shape index (κ1) is 25.5. The highest BCUT2D eigenvalue weighted by atomic mass is 79.9. The van der Waals surface area contributed by atoms with Gasteiger partial charge in [-0.05, 0) is 49.2 Å². The molecule has 1 saturated heterocycles. The lowest BCUT2D eigenvalue weighted by Gasteiger charge is -2.27. The minimum absolute atomic E-state index is 0. The van der Waals surface area contributed by atoms with E-state index in [1.54, 1.807) is 0 Å². The van der Waals surface area contributed by atoms with Gasteiger partial charge in [0.1, 0.15) is 29.2 Å². The van der Waals surface area contributed by atoms with Crippen molar-refractivity contribution in [3.63, 3.8) is 0 Å². The summed E-state index contributed by atoms with van der Waals surface area (Å²) < 4.78 is 5.45. The summed E-state index contributed by atoms with van der Waals surface area (Å²) in [6.07, 6.45) is 2.72. The minimum Gasteiger partial charge on any atom is -1.00 e. The molecular formula is C26H27BrNO3PS. The number of hydrogen-bond acceptors (Lipinski definition) is 4. The summed E-state index contributed by atoms with van der Waals surface area (Å²) in [6.45, 7) is 0.369. The van der Waals surface area contributed by atoms with Crippen LogP contribution in [0.1, 0.15) is 12.8 Å². The smallest absolute Gasteiger partial charge is 0.329 e. The van der Waals surface area contributed by atoms with Crippen LogP contribution in [0.2, 0.25) is 0 Å². The maximum Gasteiger partial charge on any atom is 0.329 e. The number of thioether (sulfide) groups is 1. The van der Waals surface area contributed by atoms with Crippen LogP contribution in [-0.4, -0.2) is 35.8 Å². The highest BCUT2D eigenvalue weighted by Gasteiger charge is 2.44. The topological polar surface area (TPSA) is 55.4 Å². The number of carbonyl (C=O) groups excluding carboxylic acids is 2. The quantitative estimate of drug-likeness (QED) is 0.250. The van der Waals surface area contributed by atoms with Crippen LogP contribution in [0.4, 0.5) is 4.79 Å². The second kappa shape index (κ2) is 12.4. The molecule has 172 valence electrons. The fraction of sp³-hybridized carbons (Fsp3) is 0.231. The highest BCUT2D eigenvalue weighted by molar-refractivity contribution is 8.14. The van der Waals surface area contributed by atoms with Gasteiger partial charge in [0.25, 0.3) is 5.24 Å². The average Bonchev–Trinajstić information content (AvgIpc) is 3.29. The number of unbranched alkanes of at least 4 members (excludes halogenated alkanes) is 1. The molecule has 1 heterocycles. The third kappa shape index (κ3) is 6.06. The van der Waals surface area contributed by atoms with Gasteiger partial charge in [0.05, 0.1) is 12.8 Å². The Morgan fingerprint density at radius 1 is 0.848 bits per heavy atom. The fourth-order valence-corrected chi connectivity index (χ4v) is 9.29. The Hall–Kier alpha value is -2.14. The number of rotatable bonds is 9. The number of benzene rings is 3. The van der Waals surface area contributed by atoms with E-state index in [2.05, 4.69) is 96.3 Å². The lowest BCUT2D eigenvalue weighted by Crippen LogP contribution is -3.00. The van der Waals surface area contributed by atoms with Gasteiger partial charge in [0.2, 0.25) is 0 Å². The zero-order chi connectivity index (χ0) is 22.2. The lowest BCUT2D eigenvalue weighted by molar-refractivity contribution is -0.145. The summed E-state index contributed by atoms with van der Waals surface area (Å²) in [6, 6.07) is 31.8. The molecule has 1 amide bonds. The Balaban J connectivity index is 0.00000306. The summed E-state index contributed by atoms with van der Waals surface area (Å²) in [4.78, 5) is 23.5. The third-order valence-electron chi connectivity index (χ3n) is 5.68. The van der Waals surface area contributed by atoms with Gasteiger partial charge < -0.3 is 27.0 Å². The molecule has 0 aromatic heterocycles. The molecule has 0 unspecified atom stereocenters. The second-order valence-corrected chi connectivity index (χ2v) is 12.3. The third-order valence-corrected chi connectivity index (χ3v) is 11.1. The summed E-state index contributed by atoms with van der Waals surface area (Å²) >= 11 is 1.13. The molecule has 3 aromatic rings. The summed E-state index contributed by atoms with van der Waals surface area (Å²) in [5, 5.41) is 6.56. The van der Waals surface area contributed by atoms with Gasteiger partial charge >= 0.3 is 5.97 Å². The van der Waals surface area contributed by atoms with E-state index in [0.717, 1.165) is 30.8 Å². The van der Waals surface area contributed by atoms with Crippen LogP contribution in [0, 0.1) is 0 Å². The number of halogens is 1. The summed E-state index contributed by atoms with van der Waals surface area (Å²) in [5.41, 5.74) is 0. The van der Waals surface area contributed by atoms with E-state index < -0.39 is 13.3 Å². The number of hydrogen-bond donors (Lipinski definition) is 1. The first-order chi connectivity index (χ1) is 15.7. The molecule has 0 aliphatic carbocycles. The average molecular weight is 544 g/mol. The van der Waals surface area contributed by atoms with Crippen molar-refractivity contribution in [2.45, 2.75) is 18.9 Å². The van der Waals surface area contributed by atoms with E-state index in [4.69, 9.17) is 4.74 Å². The number of carbonyl (C=O) groups is 2. The molecule has 4 nitrogen and oxygen atoms in total. The standard InChI is InChI=1S/C26H26NO3PS.BrH/c28-25(24-20-32-26(29)27-24)30-18-10-11-19-31(21-12-4-1-5-13-21,22-14-6-2-7-15-22)23-16-8-3-9-17-23;/h1-9,12-17,24H,10-11,18-20H2;1H/t24-;/m0./s1. The molecule has 0 radical (unpaired) electrons. The van der Waals surface area contributed by atoms with Gasteiger partial charge in [0, 0.05) is 5.75 Å². The van der Waals surface area contributed by atoms with E-state index in [1.807, 2.05) is 0 Å². The lowest BCUT2D eigenvalue weighted by atomic mass is 10.3. The van der Waals surface area contributed by atoms with Crippen molar-refractivity contribution in [2.75, 3.05) is 18.5 Å². The van der Waals surface area contributed by atoms with Crippen LogP contribution in [-0.2, 0) is 9.53 Å². The van der Waals surface area contributed by atoms with E-state index in [1.165, 1.54) is 15.9 Å². The molecule has 3 aromatic carbocycles. The highest BCUT2D eigenvalue weighted by Crippen LogP contribution is 2.55. The van der Waals surface area contributed by atoms with E-state index in [0.29, 0.717) is 12.4 Å².